The molecule has 3 aromatic rings. The summed E-state index contributed by atoms with van der Waals surface area (Å²) in [5.74, 6) is 0.0328. The van der Waals surface area contributed by atoms with Gasteiger partial charge in [-0.15, -0.1) is 0 Å². The molecule has 1 saturated heterocycles. The first kappa shape index (κ1) is 32.5. The van der Waals surface area contributed by atoms with Crippen LogP contribution in [0.5, 0.6) is 5.75 Å². The Bertz CT molecular complexity index is 1400. The molecule has 1 aliphatic rings. The minimum atomic E-state index is -0.716. The van der Waals surface area contributed by atoms with E-state index in [9.17, 15) is 9.59 Å². The number of hydrogen-bond donors (Lipinski definition) is 1. The van der Waals surface area contributed by atoms with Crippen molar-refractivity contribution in [2.24, 2.45) is 0 Å². The minimum Gasteiger partial charge on any atom is -0.494 e. The first-order valence-electron chi connectivity index (χ1n) is 15.3. The molecule has 2 aromatic carbocycles. The van der Waals surface area contributed by atoms with Crippen molar-refractivity contribution in [1.82, 2.24) is 14.7 Å². The van der Waals surface area contributed by atoms with Gasteiger partial charge in [0, 0.05) is 30.3 Å². The second-order valence-corrected chi connectivity index (χ2v) is 12.4. The smallest absolute Gasteiger partial charge is 0.303 e. The lowest BCUT2D eigenvalue weighted by Crippen LogP contribution is -2.29. The zero-order chi connectivity index (χ0) is 30.4. The Labute approximate surface area is 264 Å². The normalized spacial score (nSPS) is 14.2. The number of carbonyl (C=O) groups is 2. The molecule has 7 nitrogen and oxygen atoms in total. The predicted octanol–water partition coefficient (Wildman–Crippen LogP) is 8.51. The van der Waals surface area contributed by atoms with Gasteiger partial charge in [-0.1, -0.05) is 106 Å². The van der Waals surface area contributed by atoms with Crippen molar-refractivity contribution in [2.45, 2.75) is 77.6 Å². The molecule has 228 valence electrons. The average Bonchev–Trinajstić information content (AvgIpc) is 3.55. The number of unbranched alkanes of at least 4 members (excludes halogenated alkanes) is 8. The molecule has 1 N–H and O–H groups in total. The largest absolute Gasteiger partial charge is 0.494 e. The first-order chi connectivity index (χ1) is 21.0. The van der Waals surface area contributed by atoms with Crippen molar-refractivity contribution in [1.29, 1.82) is 0 Å². The lowest BCUT2D eigenvalue weighted by molar-refractivity contribution is -0.137. The van der Waals surface area contributed by atoms with E-state index < -0.39 is 5.97 Å². The van der Waals surface area contributed by atoms with E-state index in [0.29, 0.717) is 22.4 Å². The molecule has 0 unspecified atom stereocenters. The number of carboxylic acids is 1. The summed E-state index contributed by atoms with van der Waals surface area (Å²) in [7, 11) is 0. The fourth-order valence-corrected chi connectivity index (χ4v) is 6.24. The number of nitrogens with zero attached hydrogens (tertiary/aromatic N) is 3. The van der Waals surface area contributed by atoms with E-state index in [1.54, 1.807) is 4.90 Å². The third-order valence-corrected chi connectivity index (χ3v) is 8.70. The van der Waals surface area contributed by atoms with Crippen molar-refractivity contribution in [3.8, 4) is 22.7 Å². The molecule has 0 saturated carbocycles. The number of amides is 1. The SMILES string of the molecule is CCCCOc1cccc(-c2nn(-c3ccccc3)cc2C=C2SC(=S)N(CCCCCCCCCCC(=O)O)C2=O)c1. The maximum Gasteiger partial charge on any atom is 0.303 e. The Morgan fingerprint density at radius 1 is 0.977 bits per heavy atom. The van der Waals surface area contributed by atoms with E-state index in [1.807, 2.05) is 71.6 Å². The number of thioether (sulfide) groups is 1. The molecule has 9 heteroatoms. The second-order valence-electron chi connectivity index (χ2n) is 10.7. The summed E-state index contributed by atoms with van der Waals surface area (Å²) in [6.45, 7) is 3.43. The predicted molar refractivity (Wildman–Crippen MR) is 178 cm³/mol. The topological polar surface area (TPSA) is 84.7 Å². The number of carbonyl (C=O) groups excluding carboxylic acids is 1. The molecule has 1 amide bonds. The standard InChI is InChI=1S/C34H41N3O4S2/c1-2-3-22-41-29-19-15-16-26(23-29)32-27(25-37(35-32)28-17-11-10-12-18-28)24-30-33(40)36(34(42)43-30)21-14-9-7-5-4-6-8-13-20-31(38)39/h10-12,15-19,23-25H,2-9,13-14,20-22H2,1H3,(H,38,39). The number of hydrogen-bond acceptors (Lipinski definition) is 6. The van der Waals surface area contributed by atoms with Crippen LogP contribution in [0.2, 0.25) is 0 Å². The lowest BCUT2D eigenvalue weighted by atomic mass is 10.1. The Balaban J connectivity index is 1.41. The van der Waals surface area contributed by atoms with Gasteiger partial charge in [-0.05, 0) is 49.6 Å². The van der Waals surface area contributed by atoms with E-state index in [4.69, 9.17) is 27.2 Å². The minimum absolute atomic E-state index is 0.0523. The van der Waals surface area contributed by atoms with Crippen molar-refractivity contribution < 1.29 is 19.4 Å². The van der Waals surface area contributed by atoms with Crippen molar-refractivity contribution in [3.05, 3.63) is 71.3 Å². The average molecular weight is 620 g/mol. The van der Waals surface area contributed by atoms with Gasteiger partial charge in [-0.2, -0.15) is 5.10 Å². The maximum atomic E-state index is 13.4. The van der Waals surface area contributed by atoms with E-state index >= 15 is 0 Å². The summed E-state index contributed by atoms with van der Waals surface area (Å²) >= 11 is 6.96. The van der Waals surface area contributed by atoms with Crippen LogP contribution in [0.4, 0.5) is 0 Å². The summed E-state index contributed by atoms with van der Waals surface area (Å²) in [6.07, 6.45) is 14.3. The van der Waals surface area contributed by atoms with Gasteiger partial charge in [0.05, 0.1) is 17.2 Å². The van der Waals surface area contributed by atoms with Gasteiger partial charge in [0.15, 0.2) is 0 Å². The molecular weight excluding hydrogens is 579 g/mol. The molecule has 0 atom stereocenters. The summed E-state index contributed by atoms with van der Waals surface area (Å²) in [6, 6.07) is 17.9. The van der Waals surface area contributed by atoms with Gasteiger partial charge < -0.3 is 9.84 Å². The van der Waals surface area contributed by atoms with Crippen LogP contribution in [-0.4, -0.2) is 49.1 Å². The summed E-state index contributed by atoms with van der Waals surface area (Å²) in [4.78, 5) is 26.4. The zero-order valence-corrected chi connectivity index (χ0v) is 26.5. The van der Waals surface area contributed by atoms with Crippen molar-refractivity contribution in [3.63, 3.8) is 0 Å². The Kier molecular flexibility index (Phi) is 12.9. The molecule has 0 spiro atoms. The fourth-order valence-electron chi connectivity index (χ4n) is 4.94. The van der Waals surface area contributed by atoms with Gasteiger partial charge in [0.2, 0.25) is 0 Å². The van der Waals surface area contributed by atoms with Gasteiger partial charge in [-0.25, -0.2) is 4.68 Å². The summed E-state index contributed by atoms with van der Waals surface area (Å²) < 4.78 is 8.40. The molecule has 4 rings (SSSR count). The van der Waals surface area contributed by atoms with Crippen molar-refractivity contribution in [2.75, 3.05) is 13.2 Å². The third-order valence-electron chi connectivity index (χ3n) is 7.32. The van der Waals surface area contributed by atoms with E-state index in [2.05, 4.69) is 6.92 Å². The molecule has 1 aromatic heterocycles. The van der Waals surface area contributed by atoms with Gasteiger partial charge in [-0.3, -0.25) is 14.5 Å². The van der Waals surface area contributed by atoms with Crippen LogP contribution >= 0.6 is 24.0 Å². The third kappa shape index (κ3) is 9.79. The van der Waals surface area contributed by atoms with Gasteiger partial charge in [0.1, 0.15) is 15.8 Å². The quantitative estimate of drug-likeness (QED) is 0.0868. The summed E-state index contributed by atoms with van der Waals surface area (Å²) in [5, 5.41) is 13.6. The van der Waals surface area contributed by atoms with E-state index in [1.165, 1.54) is 11.8 Å². The lowest BCUT2D eigenvalue weighted by Gasteiger charge is -2.14. The van der Waals surface area contributed by atoms with Crippen LogP contribution in [-0.2, 0) is 9.59 Å². The highest BCUT2D eigenvalue weighted by molar-refractivity contribution is 8.26. The number of para-hydroxylation sites is 1. The fraction of sp³-hybridized carbons (Fsp3) is 0.412. The highest BCUT2D eigenvalue weighted by atomic mass is 32.2. The number of aromatic nitrogens is 2. The first-order valence-corrected chi connectivity index (χ1v) is 16.5. The molecule has 1 aliphatic heterocycles. The number of benzene rings is 2. The maximum absolute atomic E-state index is 13.4. The Morgan fingerprint density at radius 2 is 1.70 bits per heavy atom. The van der Waals surface area contributed by atoms with Gasteiger partial charge in [0.25, 0.3) is 5.91 Å². The van der Waals surface area contributed by atoms with E-state index in [-0.39, 0.29) is 12.3 Å². The molecule has 43 heavy (non-hydrogen) atoms. The number of rotatable bonds is 18. The number of thiocarbonyl (C=S) groups is 1. The van der Waals surface area contributed by atoms with Crippen LogP contribution < -0.4 is 4.74 Å². The van der Waals surface area contributed by atoms with Crippen molar-refractivity contribution >= 4 is 46.3 Å². The zero-order valence-electron chi connectivity index (χ0n) is 24.9. The molecule has 1 fully saturated rings. The van der Waals surface area contributed by atoms with Crippen LogP contribution in [0.3, 0.4) is 0 Å². The number of carboxylic acid groups (broad SMARTS) is 1. The van der Waals surface area contributed by atoms with Crippen LogP contribution in [0, 0.1) is 0 Å². The molecule has 0 aliphatic carbocycles. The Morgan fingerprint density at radius 3 is 2.42 bits per heavy atom. The molecular formula is C34H41N3O4S2. The highest BCUT2D eigenvalue weighted by Gasteiger charge is 2.32. The highest BCUT2D eigenvalue weighted by Crippen LogP contribution is 2.35. The monoisotopic (exact) mass is 619 g/mol. The molecule has 0 bridgehead atoms. The van der Waals surface area contributed by atoms with Crippen LogP contribution in [0.15, 0.2) is 65.7 Å². The van der Waals surface area contributed by atoms with Crippen LogP contribution in [0.1, 0.15) is 83.1 Å². The number of ether oxygens (including phenoxy) is 1. The van der Waals surface area contributed by atoms with E-state index in [0.717, 1.165) is 92.5 Å². The Hall–Kier alpha value is -3.43. The van der Waals surface area contributed by atoms with Gasteiger partial charge >= 0.3 is 5.97 Å². The summed E-state index contributed by atoms with van der Waals surface area (Å²) in [5.41, 5.74) is 3.48. The molecule has 0 radical (unpaired) electrons. The molecule has 2 heterocycles. The second kappa shape index (κ2) is 17.0. The van der Waals surface area contributed by atoms with Crippen LogP contribution in [0.25, 0.3) is 23.0 Å². The number of aliphatic carboxylic acids is 1.